The second kappa shape index (κ2) is 10.1. The summed E-state index contributed by atoms with van der Waals surface area (Å²) in [6.45, 7) is 14.3. The maximum Gasteiger partial charge on any atom is 0.265 e. The van der Waals surface area contributed by atoms with E-state index in [1.54, 1.807) is 11.5 Å². The van der Waals surface area contributed by atoms with Gasteiger partial charge in [0.25, 0.3) is 11.5 Å². The lowest BCUT2D eigenvalue weighted by atomic mass is 9.95. The molecule has 3 aromatic rings. The predicted octanol–water partition coefficient (Wildman–Crippen LogP) is 4.21. The zero-order valence-electron chi connectivity index (χ0n) is 21.0. The van der Waals surface area contributed by atoms with Crippen LogP contribution in [0.15, 0.2) is 33.7 Å². The lowest BCUT2D eigenvalue weighted by molar-refractivity contribution is 0.0935. The number of nitrogens with zero attached hydrogens (tertiary/aromatic N) is 3. The number of nitrogens with one attached hydrogen (secondary N) is 1. The molecule has 7 heteroatoms. The summed E-state index contributed by atoms with van der Waals surface area (Å²) < 4.78 is 7.21. The summed E-state index contributed by atoms with van der Waals surface area (Å²) in [5, 5.41) is 3.34. The van der Waals surface area contributed by atoms with Gasteiger partial charge in [0.15, 0.2) is 0 Å². The van der Waals surface area contributed by atoms with Crippen LogP contribution in [0.3, 0.4) is 0 Å². The molecule has 1 saturated heterocycles. The van der Waals surface area contributed by atoms with Crippen LogP contribution in [0, 0.1) is 32.6 Å². The molecule has 0 saturated carbocycles. The molecule has 1 aromatic carbocycles. The third-order valence-corrected chi connectivity index (χ3v) is 6.80. The molecule has 2 aromatic heterocycles. The molecule has 1 aliphatic rings. The Kier molecular flexibility index (Phi) is 7.22. The summed E-state index contributed by atoms with van der Waals surface area (Å²) in [6, 6.07) is 6.64. The second-order valence-electron chi connectivity index (χ2n) is 10.2. The van der Waals surface area contributed by atoms with Crippen molar-refractivity contribution in [2.45, 2.75) is 60.5 Å². The number of benzene rings is 1. The number of hydrogen-bond donors (Lipinski definition) is 1. The number of rotatable bonds is 7. The van der Waals surface area contributed by atoms with E-state index in [9.17, 15) is 9.59 Å². The van der Waals surface area contributed by atoms with Crippen LogP contribution >= 0.6 is 0 Å². The van der Waals surface area contributed by atoms with Crippen LogP contribution in [0.1, 0.15) is 59.5 Å². The van der Waals surface area contributed by atoms with Crippen molar-refractivity contribution in [2.24, 2.45) is 11.8 Å². The predicted molar refractivity (Wildman–Crippen MR) is 134 cm³/mol. The molecular formula is C27H36N4O3. The first kappa shape index (κ1) is 24.2. The summed E-state index contributed by atoms with van der Waals surface area (Å²) in [5.74, 6) is 0.897. The minimum absolute atomic E-state index is 0.222. The van der Waals surface area contributed by atoms with Crippen LogP contribution in [0.4, 0.5) is 0 Å². The van der Waals surface area contributed by atoms with Gasteiger partial charge in [-0.15, -0.1) is 0 Å². The van der Waals surface area contributed by atoms with Gasteiger partial charge in [-0.05, 0) is 69.7 Å². The molecule has 1 aliphatic heterocycles. The van der Waals surface area contributed by atoms with E-state index in [0.717, 1.165) is 32.5 Å². The molecular weight excluding hydrogens is 428 g/mol. The molecule has 3 heterocycles. The van der Waals surface area contributed by atoms with Crippen LogP contribution in [-0.2, 0) is 13.1 Å². The summed E-state index contributed by atoms with van der Waals surface area (Å²) in [5.41, 5.74) is 4.35. The van der Waals surface area contributed by atoms with Gasteiger partial charge in [-0.25, -0.2) is 4.98 Å². The number of carbonyl (C=O) groups is 1. The Hall–Kier alpha value is -2.93. The topological polar surface area (TPSA) is 80.4 Å². The van der Waals surface area contributed by atoms with E-state index in [4.69, 9.17) is 4.42 Å². The molecule has 0 atom stereocenters. The molecule has 182 valence electrons. The van der Waals surface area contributed by atoms with Gasteiger partial charge in [-0.1, -0.05) is 37.6 Å². The molecule has 0 aliphatic carbocycles. The van der Waals surface area contributed by atoms with E-state index >= 15 is 0 Å². The Morgan fingerprint density at radius 3 is 2.65 bits per heavy atom. The molecule has 0 radical (unpaired) electrons. The molecule has 1 amide bonds. The van der Waals surface area contributed by atoms with Crippen molar-refractivity contribution in [2.75, 3.05) is 19.6 Å². The summed E-state index contributed by atoms with van der Waals surface area (Å²) in [4.78, 5) is 32.9. The smallest absolute Gasteiger partial charge is 0.265 e. The first-order valence-electron chi connectivity index (χ1n) is 12.3. The van der Waals surface area contributed by atoms with Gasteiger partial charge >= 0.3 is 0 Å². The zero-order valence-corrected chi connectivity index (χ0v) is 21.0. The molecule has 0 spiro atoms. The Labute approximate surface area is 201 Å². The molecule has 7 nitrogen and oxygen atoms in total. The first-order chi connectivity index (χ1) is 16.2. The van der Waals surface area contributed by atoms with Crippen LogP contribution in [0.5, 0.6) is 0 Å². The van der Waals surface area contributed by atoms with Gasteiger partial charge in [-0.2, -0.15) is 0 Å². The highest BCUT2D eigenvalue weighted by molar-refractivity contribution is 6.06. The number of aryl methyl sites for hydroxylation is 3. The number of likely N-dealkylation sites (tertiary alicyclic amines) is 1. The quantitative estimate of drug-likeness (QED) is 0.566. The minimum atomic E-state index is -0.254. The third kappa shape index (κ3) is 5.25. The van der Waals surface area contributed by atoms with Crippen LogP contribution < -0.4 is 10.9 Å². The highest BCUT2D eigenvalue weighted by Crippen LogP contribution is 2.23. The van der Waals surface area contributed by atoms with Crippen LogP contribution in [0.25, 0.3) is 11.1 Å². The van der Waals surface area contributed by atoms with Crippen molar-refractivity contribution in [3.8, 4) is 0 Å². The van der Waals surface area contributed by atoms with E-state index < -0.39 is 0 Å². The molecule has 34 heavy (non-hydrogen) atoms. The summed E-state index contributed by atoms with van der Waals surface area (Å²) in [7, 11) is 0. The summed E-state index contributed by atoms with van der Waals surface area (Å²) >= 11 is 0. The number of furan rings is 1. The fourth-order valence-electron chi connectivity index (χ4n) is 4.82. The van der Waals surface area contributed by atoms with Gasteiger partial charge < -0.3 is 9.73 Å². The highest BCUT2D eigenvalue weighted by Gasteiger charge is 2.25. The third-order valence-electron chi connectivity index (χ3n) is 6.80. The van der Waals surface area contributed by atoms with E-state index in [1.807, 2.05) is 13.8 Å². The average molecular weight is 465 g/mol. The largest absolute Gasteiger partial charge is 0.442 e. The fourth-order valence-corrected chi connectivity index (χ4v) is 4.82. The SMILES string of the molecule is Cc1ccc(C)c(CN2CCC(CNC(=O)c3c(C)oc4ncn(CC(C)C)c(=O)c34)CC2)c1. The van der Waals surface area contributed by atoms with Crippen molar-refractivity contribution in [3.05, 3.63) is 62.9 Å². The zero-order chi connectivity index (χ0) is 24.4. The van der Waals surface area contributed by atoms with Crippen molar-refractivity contribution in [1.29, 1.82) is 0 Å². The number of hydrogen-bond acceptors (Lipinski definition) is 5. The van der Waals surface area contributed by atoms with Crippen LogP contribution in [-0.4, -0.2) is 40.0 Å². The number of carbonyl (C=O) groups excluding carboxylic acids is 1. The lowest BCUT2D eigenvalue weighted by Crippen LogP contribution is -2.38. The summed E-state index contributed by atoms with van der Waals surface area (Å²) in [6.07, 6.45) is 3.58. The Morgan fingerprint density at radius 1 is 1.21 bits per heavy atom. The molecule has 4 rings (SSSR count). The maximum atomic E-state index is 13.1. The minimum Gasteiger partial charge on any atom is -0.442 e. The van der Waals surface area contributed by atoms with Crippen LogP contribution in [0.2, 0.25) is 0 Å². The van der Waals surface area contributed by atoms with E-state index in [2.05, 4.69) is 47.2 Å². The highest BCUT2D eigenvalue weighted by atomic mass is 16.3. The Bertz CT molecular complexity index is 1230. The first-order valence-corrected chi connectivity index (χ1v) is 12.3. The Balaban J connectivity index is 1.38. The van der Waals surface area contributed by atoms with Gasteiger partial charge in [0, 0.05) is 19.6 Å². The number of piperidine rings is 1. The standard InChI is InChI=1S/C27H36N4O3/c1-17(2)14-31-16-29-26-24(27(31)33)23(20(5)34-26)25(32)28-13-21-8-10-30(11-9-21)15-22-12-18(3)6-7-19(22)4/h6-7,12,16-17,21H,8-11,13-15H2,1-5H3,(H,28,32). The normalized spacial score (nSPS) is 15.4. The van der Waals surface area contributed by atoms with Gasteiger partial charge in [0.05, 0.1) is 5.56 Å². The van der Waals surface area contributed by atoms with E-state index in [0.29, 0.717) is 36.2 Å². The molecule has 0 bridgehead atoms. The van der Waals surface area contributed by atoms with Gasteiger partial charge in [0.1, 0.15) is 17.5 Å². The van der Waals surface area contributed by atoms with Crippen molar-refractivity contribution in [1.82, 2.24) is 19.8 Å². The van der Waals surface area contributed by atoms with Crippen molar-refractivity contribution >= 4 is 17.0 Å². The van der Waals surface area contributed by atoms with Gasteiger partial charge in [0.2, 0.25) is 5.71 Å². The maximum absolute atomic E-state index is 13.1. The lowest BCUT2D eigenvalue weighted by Gasteiger charge is -2.32. The monoisotopic (exact) mass is 464 g/mol. The van der Waals surface area contributed by atoms with E-state index in [1.165, 1.54) is 23.0 Å². The number of fused-ring (bicyclic) bond motifs is 1. The molecule has 0 unspecified atom stereocenters. The van der Waals surface area contributed by atoms with Gasteiger partial charge in [-0.3, -0.25) is 19.1 Å². The van der Waals surface area contributed by atoms with Crippen molar-refractivity contribution in [3.63, 3.8) is 0 Å². The fraction of sp³-hybridized carbons (Fsp3) is 0.519. The molecule has 1 N–H and O–H groups in total. The Morgan fingerprint density at radius 2 is 1.94 bits per heavy atom. The number of amides is 1. The van der Waals surface area contributed by atoms with Crippen molar-refractivity contribution < 1.29 is 9.21 Å². The molecule has 1 fully saturated rings. The van der Waals surface area contributed by atoms with E-state index in [-0.39, 0.29) is 22.6 Å². The second-order valence-corrected chi connectivity index (χ2v) is 10.2. The average Bonchev–Trinajstić information content (AvgIpc) is 3.14. The number of aromatic nitrogens is 2.